The molecule has 0 radical (unpaired) electrons. The Kier molecular flexibility index (Phi) is 4.52. The summed E-state index contributed by atoms with van der Waals surface area (Å²) in [5.74, 6) is -0.000881. The van der Waals surface area contributed by atoms with Gasteiger partial charge in [-0.1, -0.05) is 6.07 Å². The first kappa shape index (κ1) is 15.8. The van der Waals surface area contributed by atoms with Gasteiger partial charge in [-0.15, -0.1) is 0 Å². The monoisotopic (exact) mass is 291 g/mol. The van der Waals surface area contributed by atoms with Gasteiger partial charge in [-0.25, -0.2) is 0 Å². The number of aryl methyl sites for hydroxylation is 1. The predicted molar refractivity (Wildman–Crippen MR) is 83.2 cm³/mol. The molecule has 1 aromatic rings. The van der Waals surface area contributed by atoms with Gasteiger partial charge < -0.3 is 10.3 Å². The van der Waals surface area contributed by atoms with E-state index in [1.54, 1.807) is 6.07 Å². The molecule has 0 spiro atoms. The molecule has 1 aromatic heterocycles. The van der Waals surface area contributed by atoms with Crippen LogP contribution in [0.15, 0.2) is 16.9 Å². The highest BCUT2D eigenvalue weighted by Crippen LogP contribution is 2.27. The molecule has 5 nitrogen and oxygen atoms in total. The van der Waals surface area contributed by atoms with Crippen molar-refractivity contribution in [3.63, 3.8) is 0 Å². The van der Waals surface area contributed by atoms with Gasteiger partial charge in [0.05, 0.1) is 6.04 Å². The minimum Gasteiger partial charge on any atom is -0.350 e. The molecule has 1 heterocycles. The molecule has 2 atom stereocenters. The van der Waals surface area contributed by atoms with Crippen molar-refractivity contribution >= 4 is 5.91 Å². The van der Waals surface area contributed by atoms with E-state index in [0.29, 0.717) is 0 Å². The summed E-state index contributed by atoms with van der Waals surface area (Å²) >= 11 is 0. The van der Waals surface area contributed by atoms with Gasteiger partial charge in [0.1, 0.15) is 0 Å². The van der Waals surface area contributed by atoms with Crippen LogP contribution >= 0.6 is 0 Å². The van der Waals surface area contributed by atoms with Crippen LogP contribution in [-0.2, 0) is 11.2 Å². The number of rotatable bonds is 3. The first-order valence-corrected chi connectivity index (χ1v) is 7.56. The number of H-pyrrole nitrogens is 1. The maximum Gasteiger partial charge on any atom is 0.248 e. The van der Waals surface area contributed by atoms with Crippen LogP contribution < -0.4 is 16.2 Å². The Bertz CT molecular complexity index is 572. The summed E-state index contributed by atoms with van der Waals surface area (Å²) < 4.78 is 0. The van der Waals surface area contributed by atoms with E-state index in [0.717, 1.165) is 30.5 Å². The number of fused-ring (bicyclic) bond motifs is 1. The minimum absolute atomic E-state index is 0.000881. The molecular weight excluding hydrogens is 266 g/mol. The summed E-state index contributed by atoms with van der Waals surface area (Å²) in [6, 6.07) is 3.27. The Hall–Kier alpha value is -1.62. The molecule has 0 saturated heterocycles. The fraction of sp³-hybridized carbons (Fsp3) is 0.625. The van der Waals surface area contributed by atoms with E-state index in [2.05, 4.69) is 15.6 Å². The van der Waals surface area contributed by atoms with Crippen LogP contribution in [0.2, 0.25) is 0 Å². The van der Waals surface area contributed by atoms with Crippen LogP contribution in [-0.4, -0.2) is 22.5 Å². The number of carbonyl (C=O) groups is 1. The Morgan fingerprint density at radius 2 is 2.10 bits per heavy atom. The Morgan fingerprint density at radius 1 is 1.38 bits per heavy atom. The largest absolute Gasteiger partial charge is 0.350 e. The lowest BCUT2D eigenvalue weighted by molar-refractivity contribution is -0.124. The summed E-state index contributed by atoms with van der Waals surface area (Å²) in [4.78, 5) is 26.5. The number of hydrogen-bond donors (Lipinski definition) is 3. The molecule has 1 aliphatic carbocycles. The molecule has 2 rings (SSSR count). The van der Waals surface area contributed by atoms with Crippen molar-refractivity contribution in [2.24, 2.45) is 0 Å². The Labute approximate surface area is 125 Å². The van der Waals surface area contributed by atoms with Crippen molar-refractivity contribution in [3.8, 4) is 0 Å². The van der Waals surface area contributed by atoms with Crippen LogP contribution in [0.1, 0.15) is 57.8 Å². The van der Waals surface area contributed by atoms with Crippen molar-refractivity contribution in [3.05, 3.63) is 33.7 Å². The third-order valence-corrected chi connectivity index (χ3v) is 3.67. The van der Waals surface area contributed by atoms with E-state index in [1.165, 1.54) is 0 Å². The predicted octanol–water partition coefficient (Wildman–Crippen LogP) is 1.65. The van der Waals surface area contributed by atoms with Crippen LogP contribution in [0.4, 0.5) is 0 Å². The number of carbonyl (C=O) groups excluding carboxylic acids is 1. The number of aromatic amines is 1. The maximum atomic E-state index is 12.2. The average Bonchev–Trinajstić information content (AvgIpc) is 2.36. The summed E-state index contributed by atoms with van der Waals surface area (Å²) in [7, 11) is 0. The number of amides is 1. The van der Waals surface area contributed by atoms with E-state index in [-0.39, 0.29) is 29.1 Å². The van der Waals surface area contributed by atoms with E-state index >= 15 is 0 Å². The SMILES string of the molecule is CC(NC1CCCc2[nH]c(=O)ccc21)C(=O)NC(C)(C)C. The zero-order valence-electron chi connectivity index (χ0n) is 13.2. The van der Waals surface area contributed by atoms with Crippen molar-refractivity contribution in [1.29, 1.82) is 0 Å². The fourth-order valence-corrected chi connectivity index (χ4v) is 2.73. The molecule has 0 aromatic carbocycles. The molecule has 21 heavy (non-hydrogen) atoms. The third-order valence-electron chi connectivity index (χ3n) is 3.67. The average molecular weight is 291 g/mol. The van der Waals surface area contributed by atoms with E-state index < -0.39 is 0 Å². The molecule has 1 aliphatic rings. The second kappa shape index (κ2) is 6.02. The first-order chi connectivity index (χ1) is 9.76. The second-order valence-corrected chi connectivity index (χ2v) is 6.83. The number of aromatic nitrogens is 1. The van der Waals surface area contributed by atoms with Gasteiger partial charge in [0.2, 0.25) is 11.5 Å². The number of pyridine rings is 1. The highest BCUT2D eigenvalue weighted by Gasteiger charge is 2.25. The zero-order chi connectivity index (χ0) is 15.6. The number of hydrogen-bond acceptors (Lipinski definition) is 3. The summed E-state index contributed by atoms with van der Waals surface area (Å²) in [5, 5.41) is 6.37. The van der Waals surface area contributed by atoms with Crippen LogP contribution in [0.3, 0.4) is 0 Å². The zero-order valence-corrected chi connectivity index (χ0v) is 13.2. The Balaban J connectivity index is 2.08. The van der Waals surface area contributed by atoms with Crippen molar-refractivity contribution in [2.45, 2.75) is 64.6 Å². The van der Waals surface area contributed by atoms with Crippen molar-refractivity contribution < 1.29 is 4.79 Å². The first-order valence-electron chi connectivity index (χ1n) is 7.56. The topological polar surface area (TPSA) is 74.0 Å². The minimum atomic E-state index is -0.271. The molecule has 3 N–H and O–H groups in total. The van der Waals surface area contributed by atoms with Crippen molar-refractivity contribution in [1.82, 2.24) is 15.6 Å². The molecule has 0 bridgehead atoms. The highest BCUT2D eigenvalue weighted by atomic mass is 16.2. The van der Waals surface area contributed by atoms with Crippen LogP contribution in [0.5, 0.6) is 0 Å². The fourth-order valence-electron chi connectivity index (χ4n) is 2.73. The van der Waals surface area contributed by atoms with Gasteiger partial charge in [0.15, 0.2) is 0 Å². The third kappa shape index (κ3) is 4.17. The molecule has 0 saturated carbocycles. The standard InChI is InChI=1S/C16H25N3O2/c1-10(15(21)19-16(2,3)4)17-12-6-5-7-13-11(12)8-9-14(20)18-13/h8-10,12,17H,5-7H2,1-4H3,(H,18,20)(H,19,21). The molecular formula is C16H25N3O2. The summed E-state index contributed by atoms with van der Waals surface area (Å²) in [5.41, 5.74) is 1.81. The molecule has 116 valence electrons. The van der Waals surface area contributed by atoms with E-state index in [9.17, 15) is 9.59 Å². The van der Waals surface area contributed by atoms with Gasteiger partial charge in [-0.3, -0.25) is 14.9 Å². The lowest BCUT2D eigenvalue weighted by Gasteiger charge is -2.30. The van der Waals surface area contributed by atoms with Crippen molar-refractivity contribution in [2.75, 3.05) is 0 Å². The van der Waals surface area contributed by atoms with Gasteiger partial charge in [-0.05, 0) is 52.5 Å². The molecule has 5 heteroatoms. The molecule has 0 fully saturated rings. The number of nitrogens with one attached hydrogen (secondary N) is 3. The van der Waals surface area contributed by atoms with E-state index in [1.807, 2.05) is 33.8 Å². The summed E-state index contributed by atoms with van der Waals surface area (Å²) in [6.45, 7) is 7.79. The second-order valence-electron chi connectivity index (χ2n) is 6.83. The van der Waals surface area contributed by atoms with Crippen LogP contribution in [0.25, 0.3) is 0 Å². The Morgan fingerprint density at radius 3 is 2.76 bits per heavy atom. The summed E-state index contributed by atoms with van der Waals surface area (Å²) in [6.07, 6.45) is 2.89. The lowest BCUT2D eigenvalue weighted by Crippen LogP contribution is -2.50. The normalized spacial score (nSPS) is 19.7. The highest BCUT2D eigenvalue weighted by molar-refractivity contribution is 5.82. The maximum absolute atomic E-state index is 12.2. The van der Waals surface area contributed by atoms with Gasteiger partial charge in [0, 0.05) is 23.3 Å². The van der Waals surface area contributed by atoms with E-state index in [4.69, 9.17) is 0 Å². The lowest BCUT2D eigenvalue weighted by atomic mass is 9.91. The van der Waals surface area contributed by atoms with Gasteiger partial charge in [-0.2, -0.15) is 0 Å². The van der Waals surface area contributed by atoms with Crippen LogP contribution in [0, 0.1) is 0 Å². The van der Waals surface area contributed by atoms with Gasteiger partial charge >= 0.3 is 0 Å². The quantitative estimate of drug-likeness (QED) is 0.792. The molecule has 0 aliphatic heterocycles. The smallest absolute Gasteiger partial charge is 0.248 e. The molecule has 1 amide bonds. The molecule has 2 unspecified atom stereocenters. The van der Waals surface area contributed by atoms with Gasteiger partial charge in [0.25, 0.3) is 0 Å².